The zero-order chi connectivity index (χ0) is 12.3. The van der Waals surface area contributed by atoms with Gasteiger partial charge < -0.3 is 4.74 Å². The van der Waals surface area contributed by atoms with E-state index in [1.54, 1.807) is 24.3 Å². The Morgan fingerprint density at radius 1 is 1.35 bits per heavy atom. The number of aromatic nitrogens is 2. The van der Waals surface area contributed by atoms with E-state index in [0.717, 1.165) is 0 Å². The van der Waals surface area contributed by atoms with Crippen LogP contribution in [0.25, 0.3) is 0 Å². The van der Waals surface area contributed by atoms with Crippen molar-refractivity contribution in [2.24, 2.45) is 0 Å². The first kappa shape index (κ1) is 11.4. The van der Waals surface area contributed by atoms with Crippen molar-refractivity contribution in [2.75, 3.05) is 0 Å². The van der Waals surface area contributed by atoms with Gasteiger partial charge in [0.2, 0.25) is 0 Å². The predicted octanol–water partition coefficient (Wildman–Crippen LogP) is 2.20. The molecule has 1 heterocycles. The van der Waals surface area contributed by atoms with Gasteiger partial charge in [0.05, 0.1) is 17.8 Å². The molecule has 0 fully saturated rings. The second-order valence-corrected chi connectivity index (χ2v) is 3.91. The van der Waals surface area contributed by atoms with Gasteiger partial charge in [0.25, 0.3) is 5.56 Å². The highest BCUT2D eigenvalue weighted by Crippen LogP contribution is 2.25. The molecule has 0 aliphatic rings. The highest BCUT2D eigenvalue weighted by Gasteiger charge is 2.06. The first-order valence-electron chi connectivity index (χ1n) is 4.62. The van der Waals surface area contributed by atoms with Crippen LogP contribution in [0.1, 0.15) is 5.56 Å². The van der Waals surface area contributed by atoms with Crippen molar-refractivity contribution in [3.63, 3.8) is 0 Å². The minimum absolute atomic E-state index is 0.275. The fourth-order valence-electron chi connectivity index (χ4n) is 1.16. The summed E-state index contributed by atoms with van der Waals surface area (Å²) in [5, 5.41) is 14.5. The molecule has 0 aliphatic carbocycles. The molecule has 0 saturated carbocycles. The normalized spacial score (nSPS) is 9.65. The lowest BCUT2D eigenvalue weighted by Crippen LogP contribution is -2.09. The van der Waals surface area contributed by atoms with Crippen molar-refractivity contribution in [3.8, 4) is 17.6 Å². The molecular weight excluding hydrogens is 286 g/mol. The van der Waals surface area contributed by atoms with Crippen molar-refractivity contribution in [3.05, 3.63) is 50.9 Å². The van der Waals surface area contributed by atoms with E-state index in [1.165, 1.54) is 6.20 Å². The van der Waals surface area contributed by atoms with Crippen LogP contribution >= 0.6 is 15.9 Å². The molecule has 5 nitrogen and oxygen atoms in total. The van der Waals surface area contributed by atoms with Crippen molar-refractivity contribution in [1.82, 2.24) is 10.2 Å². The summed E-state index contributed by atoms with van der Waals surface area (Å²) in [7, 11) is 0. The van der Waals surface area contributed by atoms with Gasteiger partial charge in [-0.25, -0.2) is 5.10 Å². The zero-order valence-electron chi connectivity index (χ0n) is 8.48. The van der Waals surface area contributed by atoms with Crippen LogP contribution in [0.15, 0.2) is 39.7 Å². The topological polar surface area (TPSA) is 78.8 Å². The predicted molar refractivity (Wildman–Crippen MR) is 63.8 cm³/mol. The van der Waals surface area contributed by atoms with Crippen LogP contribution in [0.5, 0.6) is 11.5 Å². The average molecular weight is 292 g/mol. The Morgan fingerprint density at radius 2 is 2.06 bits per heavy atom. The second-order valence-electron chi connectivity index (χ2n) is 3.12. The lowest BCUT2D eigenvalue weighted by Gasteiger charge is -2.05. The molecule has 0 amide bonds. The maximum absolute atomic E-state index is 11.2. The van der Waals surface area contributed by atoms with Gasteiger partial charge in [-0.3, -0.25) is 4.79 Å². The van der Waals surface area contributed by atoms with Gasteiger partial charge in [0.15, 0.2) is 5.75 Å². The number of nitrogens with zero attached hydrogens (tertiary/aromatic N) is 2. The molecular formula is C11H6BrN3O2. The fourth-order valence-corrected chi connectivity index (χ4v) is 1.43. The Bertz CT molecular complexity index is 628. The molecule has 0 atom stereocenters. The van der Waals surface area contributed by atoms with E-state index in [4.69, 9.17) is 10.00 Å². The lowest BCUT2D eigenvalue weighted by atomic mass is 10.2. The van der Waals surface area contributed by atoms with Crippen LogP contribution in [0.4, 0.5) is 0 Å². The van der Waals surface area contributed by atoms with Gasteiger partial charge >= 0.3 is 0 Å². The SMILES string of the molecule is N#Cc1ccc(Oc2cn[nH]c(=O)c2Br)cc1. The smallest absolute Gasteiger partial charge is 0.282 e. The molecule has 17 heavy (non-hydrogen) atoms. The molecule has 6 heteroatoms. The Balaban J connectivity index is 2.29. The summed E-state index contributed by atoms with van der Waals surface area (Å²) in [5.41, 5.74) is 0.177. The third-order valence-electron chi connectivity index (χ3n) is 1.97. The monoisotopic (exact) mass is 291 g/mol. The third kappa shape index (κ3) is 2.52. The summed E-state index contributed by atoms with van der Waals surface area (Å²) in [4.78, 5) is 11.2. The van der Waals surface area contributed by atoms with Crippen LogP contribution < -0.4 is 10.3 Å². The minimum atomic E-state index is -0.365. The number of benzene rings is 1. The van der Waals surface area contributed by atoms with Crippen LogP contribution in [0, 0.1) is 11.3 Å². The Kier molecular flexibility index (Phi) is 3.21. The fraction of sp³-hybridized carbons (Fsp3) is 0. The van der Waals surface area contributed by atoms with Crippen LogP contribution in [-0.2, 0) is 0 Å². The number of aromatic amines is 1. The van der Waals surface area contributed by atoms with Crippen LogP contribution in [0.3, 0.4) is 0 Å². The van der Waals surface area contributed by atoms with E-state index in [0.29, 0.717) is 17.1 Å². The van der Waals surface area contributed by atoms with Gasteiger partial charge in [-0.15, -0.1) is 0 Å². The van der Waals surface area contributed by atoms with Gasteiger partial charge in [0, 0.05) is 0 Å². The molecule has 2 aromatic rings. The molecule has 1 aromatic heterocycles. The molecule has 1 aromatic carbocycles. The summed E-state index contributed by atoms with van der Waals surface area (Å²) in [6, 6.07) is 8.55. The number of H-pyrrole nitrogens is 1. The average Bonchev–Trinajstić information content (AvgIpc) is 2.36. The number of nitrogens with one attached hydrogen (secondary N) is 1. The van der Waals surface area contributed by atoms with Crippen molar-refractivity contribution >= 4 is 15.9 Å². The number of hydrogen-bond donors (Lipinski definition) is 1. The molecule has 2 rings (SSSR count). The molecule has 84 valence electrons. The number of halogens is 1. The summed E-state index contributed by atoms with van der Waals surface area (Å²) >= 11 is 3.10. The number of hydrogen-bond acceptors (Lipinski definition) is 4. The molecule has 0 radical (unpaired) electrons. The van der Waals surface area contributed by atoms with E-state index < -0.39 is 0 Å². The number of rotatable bonds is 2. The van der Waals surface area contributed by atoms with Gasteiger partial charge in [-0.05, 0) is 40.2 Å². The van der Waals surface area contributed by atoms with Crippen LogP contribution in [0.2, 0.25) is 0 Å². The molecule has 1 N–H and O–H groups in total. The summed E-state index contributed by atoms with van der Waals surface area (Å²) < 4.78 is 5.73. The zero-order valence-corrected chi connectivity index (χ0v) is 10.1. The van der Waals surface area contributed by atoms with Gasteiger partial charge in [-0.1, -0.05) is 0 Å². The molecule has 0 spiro atoms. The van der Waals surface area contributed by atoms with E-state index in [2.05, 4.69) is 26.1 Å². The quantitative estimate of drug-likeness (QED) is 0.920. The second kappa shape index (κ2) is 4.80. The largest absolute Gasteiger partial charge is 0.454 e. The molecule has 0 unspecified atom stereocenters. The standard InChI is InChI=1S/C11H6BrN3O2/c12-10-9(6-14-15-11(10)16)17-8-3-1-7(5-13)2-4-8/h1-4,6H,(H,15,16). The van der Waals surface area contributed by atoms with E-state index >= 15 is 0 Å². The molecule has 0 saturated heterocycles. The first-order valence-corrected chi connectivity index (χ1v) is 5.41. The Hall–Kier alpha value is -2.13. The molecule has 0 aliphatic heterocycles. The maximum Gasteiger partial charge on any atom is 0.282 e. The summed E-state index contributed by atoms with van der Waals surface area (Å²) in [6.07, 6.45) is 1.39. The van der Waals surface area contributed by atoms with Crippen molar-refractivity contribution in [2.45, 2.75) is 0 Å². The first-order chi connectivity index (χ1) is 8.20. The van der Waals surface area contributed by atoms with E-state index in [-0.39, 0.29) is 10.0 Å². The number of nitriles is 1. The summed E-state index contributed by atoms with van der Waals surface area (Å²) in [6.45, 7) is 0. The molecule has 0 bridgehead atoms. The van der Waals surface area contributed by atoms with E-state index in [9.17, 15) is 4.79 Å². The Morgan fingerprint density at radius 3 is 2.71 bits per heavy atom. The lowest BCUT2D eigenvalue weighted by molar-refractivity contribution is 0.474. The van der Waals surface area contributed by atoms with Crippen molar-refractivity contribution < 1.29 is 4.74 Å². The third-order valence-corrected chi connectivity index (χ3v) is 2.73. The minimum Gasteiger partial charge on any atom is -0.454 e. The van der Waals surface area contributed by atoms with E-state index in [1.807, 2.05) is 6.07 Å². The van der Waals surface area contributed by atoms with Gasteiger partial charge in [-0.2, -0.15) is 10.4 Å². The van der Waals surface area contributed by atoms with Crippen LogP contribution in [-0.4, -0.2) is 10.2 Å². The summed E-state index contributed by atoms with van der Waals surface area (Å²) in [5.74, 6) is 0.843. The maximum atomic E-state index is 11.2. The van der Waals surface area contributed by atoms with Gasteiger partial charge in [0.1, 0.15) is 10.2 Å². The Labute approximate surface area is 105 Å². The highest BCUT2D eigenvalue weighted by molar-refractivity contribution is 9.10. The van der Waals surface area contributed by atoms with Crippen molar-refractivity contribution in [1.29, 1.82) is 5.26 Å². The number of ether oxygens (including phenoxy) is 1. The highest BCUT2D eigenvalue weighted by atomic mass is 79.9.